The molecule has 0 aromatic heterocycles. The monoisotopic (exact) mass is 247 g/mol. The topological polar surface area (TPSA) is 66.7 Å². The van der Waals surface area contributed by atoms with Crippen molar-refractivity contribution in [1.82, 2.24) is 0 Å². The minimum absolute atomic E-state index is 0.140. The molecule has 1 heterocycles. The molecule has 4 nitrogen and oxygen atoms in total. The predicted octanol–water partition coefficient (Wildman–Crippen LogP) is 1.85. The molecule has 0 fully saturated rings. The molecule has 6 heteroatoms. The molecule has 1 aliphatic rings. The summed E-state index contributed by atoms with van der Waals surface area (Å²) in [6.45, 7) is 4.17. The van der Waals surface area contributed by atoms with Gasteiger partial charge >= 0.3 is 5.97 Å². The van der Waals surface area contributed by atoms with E-state index in [9.17, 15) is 9.59 Å². The summed E-state index contributed by atoms with van der Waals surface area (Å²) in [6, 6.07) is 0. The van der Waals surface area contributed by atoms with E-state index in [0.717, 1.165) is 5.75 Å². The number of nitrogens with zero attached hydrogens (tertiary/aromatic N) is 1. The molecule has 1 amide bonds. The molecule has 1 rings (SSSR count). The highest BCUT2D eigenvalue weighted by Gasteiger charge is 2.30. The van der Waals surface area contributed by atoms with E-state index in [1.165, 1.54) is 23.5 Å². The molecule has 0 spiro atoms. The summed E-state index contributed by atoms with van der Waals surface area (Å²) in [7, 11) is 0. The number of hydrogen-bond acceptors (Lipinski definition) is 4. The lowest BCUT2D eigenvalue weighted by Crippen LogP contribution is -2.15. The van der Waals surface area contributed by atoms with E-state index in [1.54, 1.807) is 0 Å². The van der Waals surface area contributed by atoms with Crippen molar-refractivity contribution in [2.24, 2.45) is 10.9 Å². The molecule has 1 aliphatic heterocycles. The Kier molecular flexibility index (Phi) is 4.66. The van der Waals surface area contributed by atoms with Crippen LogP contribution in [0.25, 0.3) is 0 Å². The van der Waals surface area contributed by atoms with E-state index < -0.39 is 11.2 Å². The van der Waals surface area contributed by atoms with Crippen LogP contribution in [0.1, 0.15) is 20.3 Å². The van der Waals surface area contributed by atoms with Gasteiger partial charge in [-0.15, -0.1) is 0 Å². The van der Waals surface area contributed by atoms with Crippen molar-refractivity contribution >= 4 is 39.8 Å². The van der Waals surface area contributed by atoms with Crippen LogP contribution in [0.5, 0.6) is 0 Å². The molecule has 1 atom stereocenters. The van der Waals surface area contributed by atoms with E-state index in [-0.39, 0.29) is 12.3 Å². The number of carbonyl (C=O) groups excluding carboxylic acids is 1. The first-order chi connectivity index (χ1) is 6.99. The standard InChI is InChI=1S/C9H13NO3S2/c1-5(2)4-14-9-10-8(13)6(15-9)3-7(11)12/h5-6H,3-4H2,1-2H3,(H,11,12). The van der Waals surface area contributed by atoms with Crippen molar-refractivity contribution in [2.75, 3.05) is 5.75 Å². The van der Waals surface area contributed by atoms with Crippen molar-refractivity contribution in [2.45, 2.75) is 25.5 Å². The molecule has 1 unspecified atom stereocenters. The number of thioether (sulfide) groups is 2. The van der Waals surface area contributed by atoms with Crippen LogP contribution in [0, 0.1) is 5.92 Å². The first-order valence-electron chi connectivity index (χ1n) is 4.63. The van der Waals surface area contributed by atoms with E-state index in [2.05, 4.69) is 18.8 Å². The van der Waals surface area contributed by atoms with E-state index in [0.29, 0.717) is 10.3 Å². The number of amides is 1. The van der Waals surface area contributed by atoms with Crippen LogP contribution in [0.15, 0.2) is 4.99 Å². The number of carbonyl (C=O) groups is 2. The number of rotatable bonds is 4. The fourth-order valence-corrected chi connectivity index (χ4v) is 3.17. The van der Waals surface area contributed by atoms with E-state index in [1.807, 2.05) is 0 Å². The summed E-state index contributed by atoms with van der Waals surface area (Å²) >= 11 is 2.80. The molecule has 0 aromatic rings. The van der Waals surface area contributed by atoms with Crippen LogP contribution in [-0.4, -0.2) is 32.4 Å². The first-order valence-corrected chi connectivity index (χ1v) is 6.49. The SMILES string of the molecule is CC(C)CSC1=NC(=O)C(CC(=O)O)S1. The van der Waals surface area contributed by atoms with E-state index >= 15 is 0 Å². The second-order valence-corrected chi connectivity index (χ2v) is 6.08. The van der Waals surface area contributed by atoms with Gasteiger partial charge in [-0.25, -0.2) is 0 Å². The van der Waals surface area contributed by atoms with Gasteiger partial charge in [-0.05, 0) is 5.92 Å². The van der Waals surface area contributed by atoms with Gasteiger partial charge < -0.3 is 5.11 Å². The zero-order chi connectivity index (χ0) is 11.4. The maximum absolute atomic E-state index is 11.3. The lowest BCUT2D eigenvalue weighted by Gasteiger charge is -2.04. The minimum Gasteiger partial charge on any atom is -0.481 e. The smallest absolute Gasteiger partial charge is 0.305 e. The molecule has 15 heavy (non-hydrogen) atoms. The van der Waals surface area contributed by atoms with Gasteiger partial charge in [0.25, 0.3) is 5.91 Å². The highest BCUT2D eigenvalue weighted by Crippen LogP contribution is 2.31. The van der Waals surface area contributed by atoms with Crippen molar-refractivity contribution in [1.29, 1.82) is 0 Å². The number of aliphatic imine (C=N–C) groups is 1. The predicted molar refractivity (Wildman–Crippen MR) is 63.4 cm³/mol. The van der Waals surface area contributed by atoms with Gasteiger partial charge in [0.2, 0.25) is 0 Å². The summed E-state index contributed by atoms with van der Waals surface area (Å²) in [5.41, 5.74) is 0. The molecule has 0 aliphatic carbocycles. The summed E-state index contributed by atoms with van der Waals surface area (Å²) in [6.07, 6.45) is -0.140. The largest absolute Gasteiger partial charge is 0.481 e. The van der Waals surface area contributed by atoms with Crippen LogP contribution in [0.4, 0.5) is 0 Å². The van der Waals surface area contributed by atoms with Gasteiger partial charge in [0.05, 0.1) is 6.42 Å². The van der Waals surface area contributed by atoms with Gasteiger partial charge in [0.1, 0.15) is 9.63 Å². The summed E-state index contributed by atoms with van der Waals surface area (Å²) in [4.78, 5) is 25.6. The molecule has 0 bridgehead atoms. The lowest BCUT2D eigenvalue weighted by atomic mass is 10.3. The Bertz CT molecular complexity index is 302. The van der Waals surface area contributed by atoms with Gasteiger partial charge in [-0.2, -0.15) is 4.99 Å². The summed E-state index contributed by atoms with van der Waals surface area (Å²) in [5, 5.41) is 8.06. The lowest BCUT2D eigenvalue weighted by molar-refractivity contribution is -0.138. The molecule has 0 aromatic carbocycles. The average Bonchev–Trinajstić information content (AvgIpc) is 2.43. The minimum atomic E-state index is -0.953. The Morgan fingerprint density at radius 3 is 2.87 bits per heavy atom. The van der Waals surface area contributed by atoms with Crippen LogP contribution in [0.2, 0.25) is 0 Å². The van der Waals surface area contributed by atoms with Crippen molar-refractivity contribution in [3.8, 4) is 0 Å². The second-order valence-electron chi connectivity index (χ2n) is 3.63. The third kappa shape index (κ3) is 4.25. The highest BCUT2D eigenvalue weighted by molar-refractivity contribution is 8.39. The van der Waals surface area contributed by atoms with Crippen molar-refractivity contribution < 1.29 is 14.7 Å². The first kappa shape index (κ1) is 12.6. The number of aliphatic carboxylic acids is 1. The van der Waals surface area contributed by atoms with Crippen molar-refractivity contribution in [3.05, 3.63) is 0 Å². The molecular weight excluding hydrogens is 234 g/mol. The van der Waals surface area contributed by atoms with Crippen LogP contribution < -0.4 is 0 Å². The average molecular weight is 247 g/mol. The highest BCUT2D eigenvalue weighted by atomic mass is 32.2. The maximum Gasteiger partial charge on any atom is 0.305 e. The summed E-state index contributed by atoms with van der Waals surface area (Å²) < 4.78 is 0.708. The third-order valence-electron chi connectivity index (χ3n) is 1.62. The number of carboxylic acid groups (broad SMARTS) is 1. The Balaban J connectivity index is 2.42. The van der Waals surface area contributed by atoms with Crippen LogP contribution >= 0.6 is 23.5 Å². The molecular formula is C9H13NO3S2. The van der Waals surface area contributed by atoms with E-state index in [4.69, 9.17) is 5.11 Å². The Morgan fingerprint density at radius 2 is 2.33 bits per heavy atom. The van der Waals surface area contributed by atoms with Crippen molar-refractivity contribution in [3.63, 3.8) is 0 Å². The fourth-order valence-electron chi connectivity index (χ4n) is 0.952. The van der Waals surface area contributed by atoms with Gasteiger partial charge in [0, 0.05) is 5.75 Å². The van der Waals surface area contributed by atoms with Gasteiger partial charge in [0.15, 0.2) is 0 Å². The molecule has 0 radical (unpaired) electrons. The van der Waals surface area contributed by atoms with Crippen LogP contribution in [0.3, 0.4) is 0 Å². The Morgan fingerprint density at radius 1 is 1.67 bits per heavy atom. The summed E-state index contributed by atoms with van der Waals surface area (Å²) in [5.74, 6) is 0.172. The zero-order valence-electron chi connectivity index (χ0n) is 8.60. The quantitative estimate of drug-likeness (QED) is 0.821. The normalized spacial score (nSPS) is 20.9. The number of carboxylic acids is 1. The second kappa shape index (κ2) is 5.55. The van der Waals surface area contributed by atoms with Gasteiger partial charge in [-0.1, -0.05) is 37.4 Å². The molecule has 1 N–H and O–H groups in total. The molecule has 84 valence electrons. The molecule has 0 saturated heterocycles. The maximum atomic E-state index is 11.3. The fraction of sp³-hybridized carbons (Fsp3) is 0.667. The molecule has 0 saturated carbocycles. The Hall–Kier alpha value is -0.490. The number of hydrogen-bond donors (Lipinski definition) is 1. The third-order valence-corrected chi connectivity index (χ3v) is 4.38. The Labute approximate surface area is 96.9 Å². The zero-order valence-corrected chi connectivity index (χ0v) is 10.2. The van der Waals surface area contributed by atoms with Gasteiger partial charge in [-0.3, -0.25) is 9.59 Å². The van der Waals surface area contributed by atoms with Crippen LogP contribution in [-0.2, 0) is 9.59 Å².